The van der Waals surface area contributed by atoms with Crippen LogP contribution in [0.15, 0.2) is 24.3 Å². The molecule has 0 saturated heterocycles. The summed E-state index contributed by atoms with van der Waals surface area (Å²) in [5, 5.41) is 9.62. The van der Waals surface area contributed by atoms with Crippen molar-refractivity contribution < 1.29 is 4.74 Å². The molecule has 1 heterocycles. The summed E-state index contributed by atoms with van der Waals surface area (Å²) in [6, 6.07) is 8.15. The molecule has 1 aromatic heterocycles. The molecule has 2 rings (SSSR count). The van der Waals surface area contributed by atoms with Crippen molar-refractivity contribution in [3.8, 4) is 5.75 Å². The lowest BCUT2D eigenvalue weighted by molar-refractivity contribution is 0.340. The highest BCUT2D eigenvalue weighted by molar-refractivity contribution is 5.56. The number of ether oxygens (including phenoxy) is 1. The van der Waals surface area contributed by atoms with Crippen LogP contribution in [-0.2, 0) is 0 Å². The van der Waals surface area contributed by atoms with Crippen LogP contribution >= 0.6 is 0 Å². The lowest BCUT2D eigenvalue weighted by Gasteiger charge is -2.14. The maximum atomic E-state index is 5.45. The van der Waals surface area contributed by atoms with Crippen LogP contribution in [0.3, 0.4) is 0 Å². The Bertz CT molecular complexity index is 614. The average Bonchev–Trinajstić information content (AvgIpc) is 2.48. The van der Waals surface area contributed by atoms with E-state index in [-0.39, 0.29) is 12.1 Å². The molecule has 3 N–H and O–H groups in total. The molecule has 0 aliphatic carbocycles. The van der Waals surface area contributed by atoms with Gasteiger partial charge in [-0.3, -0.25) is 0 Å². The first-order valence-corrected chi connectivity index (χ1v) is 8.25. The Labute approximate surface area is 143 Å². The first-order chi connectivity index (χ1) is 11.5. The van der Waals surface area contributed by atoms with Crippen LogP contribution in [0.5, 0.6) is 5.75 Å². The van der Waals surface area contributed by atoms with Gasteiger partial charge < -0.3 is 20.7 Å². The van der Waals surface area contributed by atoms with Gasteiger partial charge in [0.05, 0.1) is 6.61 Å². The highest BCUT2D eigenvalue weighted by Crippen LogP contribution is 2.20. The van der Waals surface area contributed by atoms with E-state index in [9.17, 15) is 0 Å². The molecular weight excluding hydrogens is 304 g/mol. The zero-order valence-electron chi connectivity index (χ0n) is 14.9. The maximum Gasteiger partial charge on any atom is 0.233 e. The van der Waals surface area contributed by atoms with Gasteiger partial charge in [-0.15, -0.1) is 0 Å². The minimum Gasteiger partial charge on any atom is -0.494 e. The van der Waals surface area contributed by atoms with Crippen molar-refractivity contribution in [2.24, 2.45) is 0 Å². The number of hydrogen-bond donors (Lipinski definition) is 3. The van der Waals surface area contributed by atoms with Gasteiger partial charge >= 0.3 is 0 Å². The third kappa shape index (κ3) is 5.57. The molecule has 0 amide bonds. The Morgan fingerprint density at radius 2 is 1.33 bits per heavy atom. The van der Waals surface area contributed by atoms with E-state index in [0.717, 1.165) is 11.4 Å². The largest absolute Gasteiger partial charge is 0.494 e. The van der Waals surface area contributed by atoms with Crippen LogP contribution in [0, 0.1) is 0 Å². The van der Waals surface area contributed by atoms with Gasteiger partial charge in [-0.2, -0.15) is 15.0 Å². The summed E-state index contributed by atoms with van der Waals surface area (Å²) >= 11 is 0. The molecule has 0 bridgehead atoms. The monoisotopic (exact) mass is 330 g/mol. The fourth-order valence-corrected chi connectivity index (χ4v) is 2.01. The van der Waals surface area contributed by atoms with E-state index in [1.165, 1.54) is 0 Å². The van der Waals surface area contributed by atoms with Crippen LogP contribution in [0.2, 0.25) is 0 Å². The van der Waals surface area contributed by atoms with E-state index >= 15 is 0 Å². The minimum absolute atomic E-state index is 0.234. The normalized spacial score (nSPS) is 10.8. The Balaban J connectivity index is 2.20. The molecule has 0 spiro atoms. The van der Waals surface area contributed by atoms with E-state index in [2.05, 4.69) is 30.9 Å². The van der Waals surface area contributed by atoms with Crippen LogP contribution in [0.1, 0.15) is 34.6 Å². The second-order valence-electron chi connectivity index (χ2n) is 5.99. The number of anilines is 4. The zero-order valence-corrected chi connectivity index (χ0v) is 14.9. The second-order valence-corrected chi connectivity index (χ2v) is 5.99. The fraction of sp³-hybridized carbons (Fsp3) is 0.471. The number of rotatable bonds is 8. The molecule has 1 aromatic carbocycles. The Hall–Kier alpha value is -2.57. The molecule has 7 heteroatoms. The van der Waals surface area contributed by atoms with Crippen molar-refractivity contribution in [2.75, 3.05) is 22.6 Å². The van der Waals surface area contributed by atoms with Gasteiger partial charge in [-0.1, -0.05) is 0 Å². The van der Waals surface area contributed by atoms with Gasteiger partial charge in [-0.25, -0.2) is 0 Å². The van der Waals surface area contributed by atoms with Gasteiger partial charge in [0.2, 0.25) is 17.8 Å². The van der Waals surface area contributed by atoms with Crippen LogP contribution < -0.4 is 20.7 Å². The van der Waals surface area contributed by atoms with Crippen molar-refractivity contribution in [2.45, 2.75) is 46.7 Å². The first-order valence-electron chi connectivity index (χ1n) is 8.25. The van der Waals surface area contributed by atoms with Gasteiger partial charge in [0.25, 0.3) is 0 Å². The summed E-state index contributed by atoms with van der Waals surface area (Å²) in [6.45, 7) is 10.8. The molecular formula is C17H26N6O. The lowest BCUT2D eigenvalue weighted by atomic mass is 10.3. The Morgan fingerprint density at radius 1 is 0.833 bits per heavy atom. The molecule has 130 valence electrons. The quantitative estimate of drug-likeness (QED) is 0.681. The SMILES string of the molecule is CCOc1ccc(Nc2nc(NC(C)C)nc(NC(C)C)n2)cc1. The number of aromatic nitrogens is 3. The van der Waals surface area contributed by atoms with Crippen molar-refractivity contribution >= 4 is 23.5 Å². The molecule has 0 radical (unpaired) electrons. The molecule has 24 heavy (non-hydrogen) atoms. The molecule has 0 fully saturated rings. The summed E-state index contributed by atoms with van der Waals surface area (Å²) in [5.41, 5.74) is 0.885. The van der Waals surface area contributed by atoms with E-state index in [1.807, 2.05) is 58.9 Å². The molecule has 0 aliphatic heterocycles. The first kappa shape index (κ1) is 17.8. The number of hydrogen-bond acceptors (Lipinski definition) is 7. The molecule has 0 saturated carbocycles. The standard InChI is InChI=1S/C17H26N6O/c1-6-24-14-9-7-13(8-10-14)20-17-22-15(18-11(2)3)21-16(23-17)19-12(4)5/h7-12H,6H2,1-5H3,(H3,18,19,20,21,22,23). The van der Waals surface area contributed by atoms with Crippen molar-refractivity contribution in [3.63, 3.8) is 0 Å². The van der Waals surface area contributed by atoms with Gasteiger partial charge in [0, 0.05) is 17.8 Å². The van der Waals surface area contributed by atoms with E-state index in [0.29, 0.717) is 24.5 Å². The molecule has 7 nitrogen and oxygen atoms in total. The number of nitrogens with one attached hydrogen (secondary N) is 3. The molecule has 2 aromatic rings. The average molecular weight is 330 g/mol. The van der Waals surface area contributed by atoms with E-state index in [1.54, 1.807) is 0 Å². The van der Waals surface area contributed by atoms with E-state index in [4.69, 9.17) is 4.74 Å². The summed E-state index contributed by atoms with van der Waals surface area (Å²) in [5.74, 6) is 2.40. The Morgan fingerprint density at radius 3 is 1.79 bits per heavy atom. The summed E-state index contributed by atoms with van der Waals surface area (Å²) in [6.07, 6.45) is 0. The fourth-order valence-electron chi connectivity index (χ4n) is 2.01. The third-order valence-electron chi connectivity index (χ3n) is 2.89. The van der Waals surface area contributed by atoms with Crippen LogP contribution in [-0.4, -0.2) is 33.6 Å². The van der Waals surface area contributed by atoms with E-state index < -0.39 is 0 Å². The second kappa shape index (κ2) is 8.33. The predicted molar refractivity (Wildman–Crippen MR) is 98.2 cm³/mol. The van der Waals surface area contributed by atoms with Gasteiger partial charge in [-0.05, 0) is 58.9 Å². The number of benzene rings is 1. The van der Waals surface area contributed by atoms with Gasteiger partial charge in [0.15, 0.2) is 0 Å². The predicted octanol–water partition coefficient (Wildman–Crippen LogP) is 3.65. The highest BCUT2D eigenvalue weighted by Gasteiger charge is 2.09. The van der Waals surface area contributed by atoms with Crippen molar-refractivity contribution in [1.82, 2.24) is 15.0 Å². The summed E-state index contributed by atoms with van der Waals surface area (Å²) in [4.78, 5) is 13.2. The summed E-state index contributed by atoms with van der Waals surface area (Å²) < 4.78 is 5.45. The minimum atomic E-state index is 0.234. The molecule has 0 unspecified atom stereocenters. The molecule has 0 atom stereocenters. The topological polar surface area (TPSA) is 84.0 Å². The van der Waals surface area contributed by atoms with Crippen LogP contribution in [0.25, 0.3) is 0 Å². The van der Waals surface area contributed by atoms with Crippen molar-refractivity contribution in [1.29, 1.82) is 0 Å². The highest BCUT2D eigenvalue weighted by atomic mass is 16.5. The number of nitrogens with zero attached hydrogens (tertiary/aromatic N) is 3. The Kier molecular flexibility index (Phi) is 6.17. The van der Waals surface area contributed by atoms with Crippen molar-refractivity contribution in [3.05, 3.63) is 24.3 Å². The maximum absolute atomic E-state index is 5.45. The zero-order chi connectivity index (χ0) is 17.5. The third-order valence-corrected chi connectivity index (χ3v) is 2.89. The summed E-state index contributed by atoms with van der Waals surface area (Å²) in [7, 11) is 0. The molecule has 0 aliphatic rings. The van der Waals surface area contributed by atoms with Crippen LogP contribution in [0.4, 0.5) is 23.5 Å². The smallest absolute Gasteiger partial charge is 0.233 e. The van der Waals surface area contributed by atoms with Gasteiger partial charge in [0.1, 0.15) is 5.75 Å². The lowest BCUT2D eigenvalue weighted by Crippen LogP contribution is -2.18.